The first-order chi connectivity index (χ1) is 23.8. The summed E-state index contributed by atoms with van der Waals surface area (Å²) in [4.78, 5) is 26.2. The number of quaternary nitrogens is 1. The molecule has 8 nitrogen and oxygen atoms in total. The third-order valence-electron chi connectivity index (χ3n) is 9.82. The molecule has 0 saturated carbocycles. The molecule has 0 aliphatic heterocycles. The summed E-state index contributed by atoms with van der Waals surface area (Å²) in [6.45, 7) is 5.51. The minimum atomic E-state index is -0.0379. The van der Waals surface area contributed by atoms with Gasteiger partial charge in [-0.2, -0.15) is 0 Å². The predicted molar refractivity (Wildman–Crippen MR) is 205 cm³/mol. The van der Waals surface area contributed by atoms with Crippen LogP contribution in [0.5, 0.6) is 0 Å². The van der Waals surface area contributed by atoms with E-state index >= 15 is 0 Å². The van der Waals surface area contributed by atoms with Crippen LogP contribution in [0, 0.1) is 0 Å². The lowest BCUT2D eigenvalue weighted by Gasteiger charge is -2.28. The average molecular weight is 700 g/mol. The number of hydrogen-bond donors (Lipinski definition) is 2. The second kappa shape index (κ2) is 36.6. The zero-order valence-electron chi connectivity index (χ0n) is 32.9. The lowest BCUT2D eigenvalue weighted by molar-refractivity contribution is -0.890. The second-order valence-electron chi connectivity index (χ2n) is 15.3. The predicted octanol–water partition coefficient (Wildman–Crippen LogP) is 8.99. The Bertz CT molecular complexity index is 720. The van der Waals surface area contributed by atoms with Crippen LogP contribution in [0.1, 0.15) is 180 Å². The van der Waals surface area contributed by atoms with E-state index in [-0.39, 0.29) is 25.2 Å². The average Bonchev–Trinajstić information content (AvgIpc) is 3.06. The molecule has 0 heterocycles. The van der Waals surface area contributed by atoms with Gasteiger partial charge in [-0.3, -0.25) is 9.59 Å². The molecule has 0 atom stereocenters. The highest BCUT2D eigenvalue weighted by atomic mass is 16.5. The second-order valence-corrected chi connectivity index (χ2v) is 15.3. The molecule has 0 unspecified atom stereocenters. The van der Waals surface area contributed by atoms with Gasteiger partial charge in [0.15, 0.2) is 0 Å². The number of aliphatic hydroxyl groups excluding tert-OH is 2. The van der Waals surface area contributed by atoms with Gasteiger partial charge >= 0.3 is 11.9 Å². The van der Waals surface area contributed by atoms with Crippen LogP contribution in [0.25, 0.3) is 0 Å². The number of esters is 2. The summed E-state index contributed by atoms with van der Waals surface area (Å²) < 4.78 is 11.8. The highest BCUT2D eigenvalue weighted by Gasteiger charge is 2.12. The largest absolute Gasteiger partial charge is 0.466 e. The molecule has 49 heavy (non-hydrogen) atoms. The maximum Gasteiger partial charge on any atom is 0.305 e. The van der Waals surface area contributed by atoms with E-state index in [2.05, 4.69) is 26.0 Å². The molecule has 2 N–H and O–H groups in total. The Morgan fingerprint density at radius 1 is 0.449 bits per heavy atom. The number of unbranched alkanes of at least 4 members (excludes halogenated alkanes) is 23. The van der Waals surface area contributed by atoms with Crippen molar-refractivity contribution in [1.82, 2.24) is 4.90 Å². The van der Waals surface area contributed by atoms with Crippen molar-refractivity contribution in [3.8, 4) is 0 Å². The van der Waals surface area contributed by atoms with Gasteiger partial charge in [0.2, 0.25) is 0 Å². The third-order valence-corrected chi connectivity index (χ3v) is 9.82. The van der Waals surface area contributed by atoms with E-state index in [0.29, 0.717) is 26.1 Å². The molecular formula is C41H83N2O6+. The van der Waals surface area contributed by atoms with Gasteiger partial charge in [0.1, 0.15) is 6.54 Å². The fourth-order valence-corrected chi connectivity index (χ4v) is 6.38. The molecule has 0 rings (SSSR count). The monoisotopic (exact) mass is 700 g/mol. The lowest BCUT2D eigenvalue weighted by Crippen LogP contribution is -2.42. The molecule has 0 radical (unpaired) electrons. The van der Waals surface area contributed by atoms with Gasteiger partial charge < -0.3 is 29.1 Å². The van der Waals surface area contributed by atoms with Gasteiger partial charge in [0.05, 0.1) is 47.1 Å². The van der Waals surface area contributed by atoms with Crippen LogP contribution in [0.4, 0.5) is 0 Å². The SMILES string of the molecule is CN(CCO)CCCCCCCCCCCOC(=O)CCCCCCCCCCC(=O)OCCCCCCCCCCC[N+](C)(C)CCO. The molecule has 0 aliphatic carbocycles. The van der Waals surface area contributed by atoms with Crippen molar-refractivity contribution in [2.24, 2.45) is 0 Å². The molecule has 0 saturated heterocycles. The molecule has 0 amide bonds. The highest BCUT2D eigenvalue weighted by Crippen LogP contribution is 2.14. The van der Waals surface area contributed by atoms with Crippen LogP contribution in [-0.4, -0.2) is 105 Å². The smallest absolute Gasteiger partial charge is 0.305 e. The zero-order valence-corrected chi connectivity index (χ0v) is 32.9. The van der Waals surface area contributed by atoms with E-state index in [1.807, 2.05) is 0 Å². The molecule has 0 spiro atoms. The molecule has 0 aromatic heterocycles. The van der Waals surface area contributed by atoms with Gasteiger partial charge in [-0.25, -0.2) is 0 Å². The number of hydrogen-bond acceptors (Lipinski definition) is 7. The molecule has 292 valence electrons. The Labute approximate surface area is 303 Å². The van der Waals surface area contributed by atoms with Crippen LogP contribution in [0.15, 0.2) is 0 Å². The molecule has 0 aromatic rings. The van der Waals surface area contributed by atoms with Crippen molar-refractivity contribution in [3.05, 3.63) is 0 Å². The zero-order chi connectivity index (χ0) is 36.1. The van der Waals surface area contributed by atoms with Crippen molar-refractivity contribution in [3.63, 3.8) is 0 Å². The molecule has 0 fully saturated rings. The van der Waals surface area contributed by atoms with E-state index in [9.17, 15) is 9.59 Å². The summed E-state index contributed by atoms with van der Waals surface area (Å²) in [6, 6.07) is 0. The fourth-order valence-electron chi connectivity index (χ4n) is 6.38. The van der Waals surface area contributed by atoms with Crippen molar-refractivity contribution >= 4 is 11.9 Å². The Morgan fingerprint density at radius 3 is 1.18 bits per heavy atom. The van der Waals surface area contributed by atoms with Crippen LogP contribution in [0.3, 0.4) is 0 Å². The number of ether oxygens (including phenoxy) is 2. The minimum absolute atomic E-state index is 0.0372. The number of nitrogens with zero attached hydrogens (tertiary/aromatic N) is 2. The number of carbonyl (C=O) groups is 2. The number of carbonyl (C=O) groups excluding carboxylic acids is 2. The number of rotatable bonds is 39. The summed E-state index contributed by atoms with van der Waals surface area (Å²) >= 11 is 0. The summed E-state index contributed by atoms with van der Waals surface area (Å²) in [7, 11) is 6.46. The summed E-state index contributed by atoms with van der Waals surface area (Å²) in [5.74, 6) is -0.0751. The summed E-state index contributed by atoms with van der Waals surface area (Å²) in [5, 5.41) is 18.0. The Hall–Kier alpha value is -1.22. The van der Waals surface area contributed by atoms with Crippen LogP contribution < -0.4 is 0 Å². The van der Waals surface area contributed by atoms with E-state index in [0.717, 1.165) is 82.0 Å². The summed E-state index contributed by atoms with van der Waals surface area (Å²) in [5.41, 5.74) is 0. The highest BCUT2D eigenvalue weighted by molar-refractivity contribution is 5.69. The van der Waals surface area contributed by atoms with Gasteiger partial charge in [0.25, 0.3) is 0 Å². The first kappa shape index (κ1) is 47.8. The van der Waals surface area contributed by atoms with E-state index < -0.39 is 0 Å². The topological polar surface area (TPSA) is 96.3 Å². The minimum Gasteiger partial charge on any atom is -0.466 e. The van der Waals surface area contributed by atoms with Gasteiger partial charge in [-0.15, -0.1) is 0 Å². The van der Waals surface area contributed by atoms with E-state index in [1.54, 1.807) is 0 Å². The number of aliphatic hydroxyl groups is 2. The quantitative estimate of drug-likeness (QED) is 0.0376. The molecular weight excluding hydrogens is 616 g/mol. The van der Waals surface area contributed by atoms with Crippen molar-refractivity contribution in [1.29, 1.82) is 0 Å². The van der Waals surface area contributed by atoms with E-state index in [4.69, 9.17) is 19.7 Å². The van der Waals surface area contributed by atoms with Crippen LogP contribution in [0.2, 0.25) is 0 Å². The first-order valence-corrected chi connectivity index (χ1v) is 20.8. The maximum absolute atomic E-state index is 12.0. The van der Waals surface area contributed by atoms with Crippen molar-refractivity contribution < 1.29 is 33.8 Å². The molecule has 0 aromatic carbocycles. The van der Waals surface area contributed by atoms with Crippen molar-refractivity contribution in [2.45, 2.75) is 180 Å². The molecule has 0 bridgehead atoms. The van der Waals surface area contributed by atoms with Gasteiger partial charge in [-0.1, -0.05) is 122 Å². The summed E-state index contributed by atoms with van der Waals surface area (Å²) in [6.07, 6.45) is 32.0. The van der Waals surface area contributed by atoms with Gasteiger partial charge in [0, 0.05) is 19.4 Å². The Kier molecular flexibility index (Phi) is 35.7. The maximum atomic E-state index is 12.0. The normalized spacial score (nSPS) is 11.8. The van der Waals surface area contributed by atoms with Crippen molar-refractivity contribution in [2.75, 3.05) is 73.7 Å². The van der Waals surface area contributed by atoms with Crippen LogP contribution in [-0.2, 0) is 19.1 Å². The van der Waals surface area contributed by atoms with E-state index in [1.165, 1.54) is 116 Å². The van der Waals surface area contributed by atoms with Gasteiger partial charge in [-0.05, 0) is 58.5 Å². The number of likely N-dealkylation sites (N-methyl/N-ethyl adjacent to an activating group) is 2. The standard InChI is InChI=1S/C41H83N2O6/c1-42(33-36-44)32-26-20-14-8-4-10-16-22-28-38-48-40(46)30-24-18-12-6-7-13-19-25-31-41(47)49-39-29-23-17-11-5-9-15-21-27-34-43(2,3)35-37-45/h44-45H,4-39H2,1-3H3/q+1. The molecule has 8 heteroatoms. The third kappa shape index (κ3) is 37.9. The van der Waals surface area contributed by atoms with Crippen LogP contribution >= 0.6 is 0 Å². The lowest BCUT2D eigenvalue weighted by atomic mass is 10.1. The first-order valence-electron chi connectivity index (χ1n) is 20.8. The fraction of sp³-hybridized carbons (Fsp3) is 0.951. The molecule has 0 aliphatic rings. The Balaban J connectivity index is 3.29. The Morgan fingerprint density at radius 2 is 0.796 bits per heavy atom.